The maximum atomic E-state index is 14.1. The minimum Gasteiger partial charge on any atom is -0.481 e. The van der Waals surface area contributed by atoms with Crippen LogP contribution in [-0.4, -0.2) is 30.5 Å². The van der Waals surface area contributed by atoms with Gasteiger partial charge in [-0.15, -0.1) is 11.3 Å². The fraction of sp³-hybridized carbons (Fsp3) is 0.105. The Morgan fingerprint density at radius 2 is 2.00 bits per heavy atom. The van der Waals surface area contributed by atoms with Gasteiger partial charge in [-0.3, -0.25) is 0 Å². The number of sulfone groups is 1. The molecule has 12 heteroatoms. The van der Waals surface area contributed by atoms with Crippen molar-refractivity contribution in [3.8, 4) is 17.1 Å². The highest BCUT2D eigenvalue weighted by molar-refractivity contribution is 9.10. The van der Waals surface area contributed by atoms with Crippen molar-refractivity contribution in [2.75, 3.05) is 7.11 Å². The van der Waals surface area contributed by atoms with Gasteiger partial charge in [0.25, 0.3) is 0 Å². The number of ether oxygens (including phenoxy) is 1. The lowest BCUT2D eigenvalue weighted by Crippen LogP contribution is -2.09. The minimum absolute atomic E-state index is 0.0139. The second-order valence-corrected chi connectivity index (χ2v) is 10.4. The van der Waals surface area contributed by atoms with Crippen molar-refractivity contribution < 1.29 is 21.9 Å². The average molecular weight is 547 g/mol. The molecule has 4 rings (SSSR count). The van der Waals surface area contributed by atoms with Crippen molar-refractivity contribution in [2.24, 2.45) is 0 Å². The Hall–Kier alpha value is -2.21. The molecule has 3 heterocycles. The summed E-state index contributed by atoms with van der Waals surface area (Å²) in [7, 11) is -2.82. The highest BCUT2D eigenvalue weighted by Gasteiger charge is 2.24. The van der Waals surface area contributed by atoms with Gasteiger partial charge in [-0.1, -0.05) is 0 Å². The van der Waals surface area contributed by atoms with Gasteiger partial charge in [0, 0.05) is 28.8 Å². The van der Waals surface area contributed by atoms with E-state index in [1.807, 2.05) is 5.38 Å². The molecule has 0 saturated heterocycles. The number of thiophene rings is 1. The summed E-state index contributed by atoms with van der Waals surface area (Å²) in [6.07, 6.45) is 1.47. The molecule has 0 fully saturated rings. The maximum absolute atomic E-state index is 14.1. The summed E-state index contributed by atoms with van der Waals surface area (Å²) in [5.74, 6) is -2.60. The van der Waals surface area contributed by atoms with E-state index < -0.39 is 32.1 Å². The van der Waals surface area contributed by atoms with E-state index in [2.05, 4.69) is 30.9 Å². The molecular weight excluding hydrogens is 536 g/mol. The van der Waals surface area contributed by atoms with Crippen molar-refractivity contribution in [1.82, 2.24) is 15.0 Å². The van der Waals surface area contributed by atoms with Crippen LogP contribution in [0.2, 0.25) is 5.28 Å². The summed E-state index contributed by atoms with van der Waals surface area (Å²) in [4.78, 5) is 12.0. The second kappa shape index (κ2) is 8.38. The lowest BCUT2D eigenvalue weighted by molar-refractivity contribution is 0.394. The lowest BCUT2D eigenvalue weighted by Gasteiger charge is -2.11. The van der Waals surface area contributed by atoms with Crippen molar-refractivity contribution in [2.45, 2.75) is 10.6 Å². The predicted molar refractivity (Wildman–Crippen MR) is 117 cm³/mol. The fourth-order valence-electron chi connectivity index (χ4n) is 2.98. The molecule has 3 aromatic heterocycles. The SMILES string of the molecule is COc1ncc(-c2nc(Cl)nc3c(Br)csc23)cc1CS(=O)(=O)c1ccc(F)cc1F. The van der Waals surface area contributed by atoms with Gasteiger partial charge in [-0.25, -0.2) is 32.2 Å². The Bertz CT molecular complexity index is 1430. The molecule has 0 bridgehead atoms. The molecule has 4 aromatic rings. The van der Waals surface area contributed by atoms with Gasteiger partial charge >= 0.3 is 0 Å². The van der Waals surface area contributed by atoms with Crippen LogP contribution in [0.1, 0.15) is 5.56 Å². The maximum Gasteiger partial charge on any atom is 0.223 e. The number of nitrogens with zero attached hydrogens (tertiary/aromatic N) is 3. The Kier molecular flexibility index (Phi) is 5.95. The number of hydrogen-bond donors (Lipinski definition) is 0. The van der Waals surface area contributed by atoms with E-state index >= 15 is 0 Å². The number of hydrogen-bond acceptors (Lipinski definition) is 7. The van der Waals surface area contributed by atoms with Gasteiger partial charge in [0.05, 0.1) is 27.7 Å². The molecule has 0 N–H and O–H groups in total. The van der Waals surface area contributed by atoms with Crippen molar-refractivity contribution >= 4 is 58.9 Å². The van der Waals surface area contributed by atoms with E-state index in [4.69, 9.17) is 16.3 Å². The summed E-state index contributed by atoms with van der Waals surface area (Å²) in [5.41, 5.74) is 1.74. The third kappa shape index (κ3) is 4.27. The van der Waals surface area contributed by atoms with Crippen LogP contribution < -0.4 is 4.74 Å². The number of pyridine rings is 1. The largest absolute Gasteiger partial charge is 0.481 e. The van der Waals surface area contributed by atoms with E-state index in [1.54, 1.807) is 0 Å². The smallest absolute Gasteiger partial charge is 0.223 e. The number of aromatic nitrogens is 3. The molecule has 160 valence electrons. The Morgan fingerprint density at radius 1 is 1.23 bits per heavy atom. The highest BCUT2D eigenvalue weighted by atomic mass is 79.9. The van der Waals surface area contributed by atoms with Gasteiger partial charge < -0.3 is 4.74 Å². The van der Waals surface area contributed by atoms with Crippen LogP contribution in [0.5, 0.6) is 5.88 Å². The van der Waals surface area contributed by atoms with Gasteiger partial charge in [0.15, 0.2) is 9.84 Å². The van der Waals surface area contributed by atoms with E-state index in [-0.39, 0.29) is 16.7 Å². The van der Waals surface area contributed by atoms with Crippen molar-refractivity contribution in [3.05, 3.63) is 62.8 Å². The van der Waals surface area contributed by atoms with Crippen LogP contribution in [0.25, 0.3) is 21.5 Å². The molecule has 0 radical (unpaired) electrons. The van der Waals surface area contributed by atoms with Crippen LogP contribution in [-0.2, 0) is 15.6 Å². The zero-order valence-corrected chi connectivity index (χ0v) is 19.5. The van der Waals surface area contributed by atoms with Gasteiger partial charge in [-0.2, -0.15) is 0 Å². The summed E-state index contributed by atoms with van der Waals surface area (Å²) in [6, 6.07) is 3.83. The highest BCUT2D eigenvalue weighted by Crippen LogP contribution is 2.37. The number of fused-ring (bicyclic) bond motifs is 1. The molecule has 0 unspecified atom stereocenters. The van der Waals surface area contributed by atoms with E-state index in [0.717, 1.165) is 21.3 Å². The van der Waals surface area contributed by atoms with Crippen LogP contribution in [0.15, 0.2) is 45.2 Å². The first-order valence-corrected chi connectivity index (χ1v) is 12.2. The Balaban J connectivity index is 1.83. The molecule has 0 aliphatic rings. The van der Waals surface area contributed by atoms with E-state index in [0.29, 0.717) is 22.8 Å². The summed E-state index contributed by atoms with van der Waals surface area (Å²) < 4.78 is 59.6. The third-order valence-electron chi connectivity index (χ3n) is 4.31. The van der Waals surface area contributed by atoms with Crippen LogP contribution >= 0.6 is 38.9 Å². The molecule has 0 saturated carbocycles. The molecule has 6 nitrogen and oxygen atoms in total. The molecule has 31 heavy (non-hydrogen) atoms. The van der Waals surface area contributed by atoms with Gasteiger partial charge in [0.1, 0.15) is 22.0 Å². The number of halogens is 4. The number of benzene rings is 1. The first kappa shape index (κ1) is 22.0. The van der Waals surface area contributed by atoms with Crippen LogP contribution in [0.3, 0.4) is 0 Å². The van der Waals surface area contributed by atoms with Gasteiger partial charge in [-0.05, 0) is 45.7 Å². The quantitative estimate of drug-likeness (QED) is 0.245. The topological polar surface area (TPSA) is 82.0 Å². The molecule has 0 aliphatic heterocycles. The molecule has 0 spiro atoms. The zero-order valence-electron chi connectivity index (χ0n) is 15.6. The first-order chi connectivity index (χ1) is 14.7. The van der Waals surface area contributed by atoms with E-state index in [9.17, 15) is 17.2 Å². The molecule has 0 atom stereocenters. The monoisotopic (exact) mass is 545 g/mol. The number of rotatable bonds is 5. The van der Waals surface area contributed by atoms with Crippen LogP contribution in [0.4, 0.5) is 8.78 Å². The standard InChI is InChI=1S/C19H11BrClF2N3O3S2/c1-29-18-10(8-31(27,28)14-3-2-11(22)5-13(14)23)4-9(6-24-18)15-17-16(12(20)7-30-17)26-19(21)25-15/h2-7H,8H2,1H3. The predicted octanol–water partition coefficient (Wildman–Crippen LogP) is 5.43. The van der Waals surface area contributed by atoms with Gasteiger partial charge in [0.2, 0.25) is 11.2 Å². The summed E-state index contributed by atoms with van der Waals surface area (Å²) in [6.45, 7) is 0. The normalized spacial score (nSPS) is 11.8. The zero-order chi connectivity index (χ0) is 22.3. The fourth-order valence-corrected chi connectivity index (χ4v) is 6.13. The molecule has 0 amide bonds. The minimum atomic E-state index is -4.16. The summed E-state index contributed by atoms with van der Waals surface area (Å²) >= 11 is 10.9. The Labute approximate surface area is 192 Å². The van der Waals surface area contributed by atoms with Crippen molar-refractivity contribution in [3.63, 3.8) is 0 Å². The third-order valence-corrected chi connectivity index (χ3v) is 8.06. The second-order valence-electron chi connectivity index (χ2n) is 6.33. The van der Waals surface area contributed by atoms with Crippen molar-refractivity contribution in [1.29, 1.82) is 0 Å². The Morgan fingerprint density at radius 3 is 2.71 bits per heavy atom. The molecule has 0 aliphatic carbocycles. The summed E-state index contributed by atoms with van der Waals surface area (Å²) in [5, 5.41) is 1.85. The molecular formula is C19H11BrClF2N3O3S2. The van der Waals surface area contributed by atoms with E-state index in [1.165, 1.54) is 30.7 Å². The first-order valence-electron chi connectivity index (χ1n) is 8.51. The molecule has 1 aromatic carbocycles. The van der Waals surface area contributed by atoms with Crippen LogP contribution in [0, 0.1) is 11.6 Å². The average Bonchev–Trinajstić information content (AvgIpc) is 3.07. The number of methoxy groups -OCH3 is 1. The lowest BCUT2D eigenvalue weighted by atomic mass is 10.1.